The minimum Gasteiger partial charge on any atom is -0.459 e. The largest absolute Gasteiger partial charge is 0.459 e. The van der Waals surface area contributed by atoms with Crippen molar-refractivity contribution in [2.45, 2.75) is 103 Å². The number of hydrogen-bond acceptors (Lipinski definition) is 8. The zero-order valence-corrected chi connectivity index (χ0v) is 28.1. The molecule has 3 atom stereocenters. The van der Waals surface area contributed by atoms with E-state index in [1.165, 1.54) is 0 Å². The summed E-state index contributed by atoms with van der Waals surface area (Å²) in [5, 5.41) is 21.9. The predicted molar refractivity (Wildman–Crippen MR) is 175 cm³/mol. The maximum Gasteiger partial charge on any atom is 0.407 e. The van der Waals surface area contributed by atoms with Crippen LogP contribution in [0.15, 0.2) is 24.3 Å². The van der Waals surface area contributed by atoms with Gasteiger partial charge in [-0.3, -0.25) is 15.0 Å². The van der Waals surface area contributed by atoms with Crippen molar-refractivity contribution >= 4 is 41.4 Å². The number of carbonyl (C=O) groups is 4. The van der Waals surface area contributed by atoms with E-state index in [1.54, 1.807) is 52.1 Å². The molecule has 254 valence electrons. The summed E-state index contributed by atoms with van der Waals surface area (Å²) in [6.45, 7) is 9.96. The lowest BCUT2D eigenvalue weighted by Crippen LogP contribution is -2.55. The molecule has 3 amide bonds. The summed E-state index contributed by atoms with van der Waals surface area (Å²) in [6.07, 6.45) is 2.00. The third-order valence-electron chi connectivity index (χ3n) is 6.40. The Bertz CT molecular complexity index is 1090. The Morgan fingerprint density at radius 2 is 1.53 bits per heavy atom. The Labute approximate surface area is 272 Å². The van der Waals surface area contributed by atoms with Crippen molar-refractivity contribution in [2.75, 3.05) is 20.1 Å². The van der Waals surface area contributed by atoms with Crippen molar-refractivity contribution in [3.05, 3.63) is 34.9 Å². The Morgan fingerprint density at radius 1 is 0.911 bits per heavy atom. The highest BCUT2D eigenvalue weighted by molar-refractivity contribution is 6.30. The number of unbranched alkanes of at least 4 members (excludes halogenated alkanes) is 1. The van der Waals surface area contributed by atoms with Crippen LogP contribution in [0.4, 0.5) is 4.79 Å². The van der Waals surface area contributed by atoms with Crippen LogP contribution in [-0.2, 0) is 30.5 Å². The lowest BCUT2D eigenvalue weighted by atomic mass is 10.0. The van der Waals surface area contributed by atoms with Crippen LogP contribution in [0.5, 0.6) is 0 Å². The summed E-state index contributed by atoms with van der Waals surface area (Å²) in [6, 6.07) is 4.12. The average Bonchev–Trinajstić information content (AvgIpc) is 2.95. The van der Waals surface area contributed by atoms with E-state index >= 15 is 0 Å². The molecule has 0 aromatic heterocycles. The van der Waals surface area contributed by atoms with E-state index in [1.807, 2.05) is 13.8 Å². The number of esters is 1. The molecule has 0 radical (unpaired) electrons. The van der Waals surface area contributed by atoms with Crippen LogP contribution < -0.4 is 32.3 Å². The van der Waals surface area contributed by atoms with Gasteiger partial charge < -0.3 is 41.8 Å². The number of carbonyl (C=O) groups excluding carboxylic acids is 4. The molecular weight excluding hydrogens is 602 g/mol. The molecule has 0 unspecified atom stereocenters. The molecule has 0 saturated heterocycles. The van der Waals surface area contributed by atoms with Gasteiger partial charge in [0, 0.05) is 25.2 Å². The van der Waals surface area contributed by atoms with Crippen LogP contribution in [0.3, 0.4) is 0 Å². The van der Waals surface area contributed by atoms with Crippen LogP contribution >= 0.6 is 11.6 Å². The molecule has 0 fully saturated rings. The highest BCUT2D eigenvalue weighted by atomic mass is 35.5. The Balaban J connectivity index is 2.80. The summed E-state index contributed by atoms with van der Waals surface area (Å²) in [5.41, 5.74) is 6.30. The lowest BCUT2D eigenvalue weighted by Gasteiger charge is -2.25. The van der Waals surface area contributed by atoms with E-state index in [0.29, 0.717) is 50.2 Å². The van der Waals surface area contributed by atoms with Gasteiger partial charge in [-0.2, -0.15) is 0 Å². The summed E-state index contributed by atoms with van der Waals surface area (Å²) in [7, 11) is 1.61. The molecule has 0 aliphatic carbocycles. The molecule has 0 heterocycles. The summed E-state index contributed by atoms with van der Waals surface area (Å²) >= 11 is 5.93. The standard InChI is InChI=1S/C31H52ClN7O6/c1-20(2)18-25(28(42)44-19-21-12-14-22(32)15-13-21)39-27(41)24(11-9-17-36-29(34)35-6)38-26(40)23(33)10-7-8-16-37-30(43)45-31(3,4)5/h12-15,20,23-25H,7-11,16-19,33H2,1-6H3,(H,37,43)(H,38,40)(H,39,41)(H3,34,35,36)/t23-,24-,25+/m1/s1. The molecule has 1 aromatic carbocycles. The van der Waals surface area contributed by atoms with Crippen LogP contribution in [0.1, 0.15) is 78.7 Å². The molecule has 1 aromatic rings. The maximum absolute atomic E-state index is 13.4. The minimum absolute atomic E-state index is 0.0197. The quantitative estimate of drug-likeness (QED) is 0.0539. The molecular formula is C31H52ClN7O6. The molecule has 0 aliphatic rings. The van der Waals surface area contributed by atoms with Crippen molar-refractivity contribution in [2.24, 2.45) is 11.7 Å². The normalized spacial score (nSPS) is 13.2. The second-order valence-corrected chi connectivity index (χ2v) is 12.6. The van der Waals surface area contributed by atoms with Crippen LogP contribution in [0, 0.1) is 11.3 Å². The number of amides is 3. The first-order valence-corrected chi connectivity index (χ1v) is 15.7. The third kappa shape index (κ3) is 18.1. The fraction of sp³-hybridized carbons (Fsp3) is 0.645. The van der Waals surface area contributed by atoms with Gasteiger partial charge in [0.2, 0.25) is 11.8 Å². The molecule has 0 bridgehead atoms. The first kappa shape index (κ1) is 39.4. The Morgan fingerprint density at radius 3 is 2.13 bits per heavy atom. The highest BCUT2D eigenvalue weighted by Gasteiger charge is 2.29. The molecule has 14 heteroatoms. The smallest absolute Gasteiger partial charge is 0.407 e. The van der Waals surface area contributed by atoms with E-state index in [9.17, 15) is 19.2 Å². The van der Waals surface area contributed by atoms with Gasteiger partial charge in [-0.05, 0) is 82.9 Å². The number of rotatable bonds is 18. The topological polar surface area (TPSA) is 197 Å². The van der Waals surface area contributed by atoms with Gasteiger partial charge in [0.25, 0.3) is 0 Å². The van der Waals surface area contributed by atoms with Gasteiger partial charge in [-0.25, -0.2) is 9.59 Å². The third-order valence-corrected chi connectivity index (χ3v) is 6.66. The van der Waals surface area contributed by atoms with Crippen LogP contribution in [0.25, 0.3) is 0 Å². The lowest BCUT2D eigenvalue weighted by molar-refractivity contribution is -0.149. The van der Waals surface area contributed by atoms with E-state index in [2.05, 4.69) is 26.6 Å². The van der Waals surface area contributed by atoms with Crippen LogP contribution in [0.2, 0.25) is 5.02 Å². The number of guanidine groups is 1. The van der Waals surface area contributed by atoms with E-state index in [-0.39, 0.29) is 24.9 Å². The highest BCUT2D eigenvalue weighted by Crippen LogP contribution is 2.13. The van der Waals surface area contributed by atoms with E-state index < -0.39 is 47.6 Å². The van der Waals surface area contributed by atoms with Gasteiger partial charge >= 0.3 is 12.1 Å². The van der Waals surface area contributed by atoms with Crippen LogP contribution in [-0.4, -0.2) is 73.7 Å². The van der Waals surface area contributed by atoms with Crippen molar-refractivity contribution in [1.82, 2.24) is 26.6 Å². The molecule has 0 spiro atoms. The SMILES string of the molecule is CNC(=N)NCCC[C@@H](NC(=O)[C@H](N)CCCCNC(=O)OC(C)(C)C)C(=O)N[C@@H](CC(C)C)C(=O)OCc1ccc(Cl)cc1. The minimum atomic E-state index is -0.971. The summed E-state index contributed by atoms with van der Waals surface area (Å²) in [5.74, 6) is -1.42. The summed E-state index contributed by atoms with van der Waals surface area (Å²) in [4.78, 5) is 51.2. The Kier molecular flexibility index (Phi) is 17.9. The Hall–Kier alpha value is -3.58. The summed E-state index contributed by atoms with van der Waals surface area (Å²) < 4.78 is 10.7. The fourth-order valence-electron chi connectivity index (χ4n) is 4.07. The van der Waals surface area contributed by atoms with Gasteiger partial charge in [0.15, 0.2) is 5.96 Å². The van der Waals surface area contributed by atoms with Gasteiger partial charge in [-0.15, -0.1) is 0 Å². The number of nitrogens with one attached hydrogen (secondary N) is 6. The monoisotopic (exact) mass is 653 g/mol. The molecule has 8 N–H and O–H groups in total. The van der Waals surface area contributed by atoms with Crippen molar-refractivity contribution < 1.29 is 28.7 Å². The second kappa shape index (κ2) is 20.5. The first-order chi connectivity index (χ1) is 21.1. The average molecular weight is 654 g/mol. The number of ether oxygens (including phenoxy) is 2. The predicted octanol–water partition coefficient (Wildman–Crippen LogP) is 2.95. The first-order valence-electron chi connectivity index (χ1n) is 15.4. The number of alkyl carbamates (subject to hydrolysis) is 1. The molecule has 13 nitrogen and oxygen atoms in total. The molecule has 0 saturated carbocycles. The van der Waals surface area contributed by atoms with Gasteiger partial charge in [0.05, 0.1) is 6.04 Å². The van der Waals surface area contributed by atoms with Crippen molar-refractivity contribution in [3.8, 4) is 0 Å². The van der Waals surface area contributed by atoms with Gasteiger partial charge in [-0.1, -0.05) is 37.6 Å². The number of nitrogens with two attached hydrogens (primary N) is 1. The zero-order chi connectivity index (χ0) is 34.0. The van der Waals surface area contributed by atoms with Gasteiger partial charge in [0.1, 0.15) is 24.3 Å². The fourth-order valence-corrected chi connectivity index (χ4v) is 4.20. The number of hydrogen-bond donors (Lipinski definition) is 7. The number of halogens is 1. The molecule has 0 aliphatic heterocycles. The molecule has 45 heavy (non-hydrogen) atoms. The molecule has 1 rings (SSSR count). The van der Waals surface area contributed by atoms with E-state index in [0.717, 1.165) is 5.56 Å². The second-order valence-electron chi connectivity index (χ2n) is 12.2. The van der Waals surface area contributed by atoms with E-state index in [4.69, 9.17) is 32.2 Å². The zero-order valence-electron chi connectivity index (χ0n) is 27.4. The maximum atomic E-state index is 13.4. The van der Waals surface area contributed by atoms with Crippen molar-refractivity contribution in [3.63, 3.8) is 0 Å². The van der Waals surface area contributed by atoms with Crippen molar-refractivity contribution in [1.29, 1.82) is 5.41 Å². The number of benzene rings is 1.